The molecule has 2 rings (SSSR count). The van der Waals surface area contributed by atoms with Crippen LogP contribution in [0.25, 0.3) is 10.1 Å². The van der Waals surface area contributed by atoms with Gasteiger partial charge < -0.3 is 14.6 Å². The van der Waals surface area contributed by atoms with Gasteiger partial charge in [-0.05, 0) is 25.1 Å². The van der Waals surface area contributed by atoms with Gasteiger partial charge in [0.05, 0.1) is 13.7 Å². The molecule has 5 heteroatoms. The predicted octanol–water partition coefficient (Wildman–Crippen LogP) is 3.01. The first kappa shape index (κ1) is 11.7. The van der Waals surface area contributed by atoms with E-state index in [9.17, 15) is 4.79 Å². The van der Waals surface area contributed by atoms with Gasteiger partial charge in [0.1, 0.15) is 5.75 Å². The Morgan fingerprint density at radius 3 is 2.82 bits per heavy atom. The first-order valence-electron chi connectivity index (χ1n) is 5.14. The molecule has 0 aliphatic heterocycles. The minimum atomic E-state index is -0.964. The fourth-order valence-corrected chi connectivity index (χ4v) is 2.58. The number of benzene rings is 1. The molecule has 0 amide bonds. The summed E-state index contributed by atoms with van der Waals surface area (Å²) in [5.74, 6) is 0.153. The summed E-state index contributed by atoms with van der Waals surface area (Å²) in [6, 6.07) is 5.44. The van der Waals surface area contributed by atoms with Gasteiger partial charge in [0.2, 0.25) is 0 Å². The molecule has 0 spiro atoms. The highest BCUT2D eigenvalue weighted by molar-refractivity contribution is 7.21. The van der Waals surface area contributed by atoms with Crippen molar-refractivity contribution in [3.05, 3.63) is 23.1 Å². The van der Waals surface area contributed by atoms with Gasteiger partial charge in [0, 0.05) is 10.1 Å². The van der Waals surface area contributed by atoms with Crippen LogP contribution in [0.3, 0.4) is 0 Å². The predicted molar refractivity (Wildman–Crippen MR) is 66.5 cm³/mol. The third-order valence-corrected chi connectivity index (χ3v) is 3.47. The Kier molecular flexibility index (Phi) is 3.19. The molecule has 0 aliphatic rings. The zero-order valence-electron chi connectivity index (χ0n) is 9.52. The number of carboxylic acid groups (broad SMARTS) is 1. The molecule has 0 aliphatic carbocycles. The van der Waals surface area contributed by atoms with Gasteiger partial charge >= 0.3 is 5.97 Å². The van der Waals surface area contributed by atoms with Crippen LogP contribution in [0.1, 0.15) is 16.6 Å². The number of carbonyl (C=O) groups is 1. The Hall–Kier alpha value is -1.75. The van der Waals surface area contributed by atoms with Crippen molar-refractivity contribution in [1.29, 1.82) is 0 Å². The SMILES string of the molecule is CCOc1c(C(=O)O)sc2ccc(OC)cc12. The molecule has 0 unspecified atom stereocenters. The summed E-state index contributed by atoms with van der Waals surface area (Å²) in [5, 5.41) is 9.90. The van der Waals surface area contributed by atoms with Crippen molar-refractivity contribution >= 4 is 27.4 Å². The number of methoxy groups -OCH3 is 1. The average molecular weight is 252 g/mol. The van der Waals surface area contributed by atoms with Crippen LogP contribution in [-0.4, -0.2) is 24.8 Å². The van der Waals surface area contributed by atoms with Crippen molar-refractivity contribution in [1.82, 2.24) is 0 Å². The number of thiophene rings is 1. The Morgan fingerprint density at radius 1 is 1.47 bits per heavy atom. The van der Waals surface area contributed by atoms with Crippen LogP contribution < -0.4 is 9.47 Å². The summed E-state index contributed by atoms with van der Waals surface area (Å²) >= 11 is 1.21. The molecule has 0 saturated heterocycles. The number of rotatable bonds is 4. The number of hydrogen-bond donors (Lipinski definition) is 1. The normalized spacial score (nSPS) is 10.5. The van der Waals surface area contributed by atoms with E-state index < -0.39 is 5.97 Å². The van der Waals surface area contributed by atoms with E-state index in [1.54, 1.807) is 19.2 Å². The van der Waals surface area contributed by atoms with Crippen LogP contribution in [0.5, 0.6) is 11.5 Å². The molecule has 1 aromatic heterocycles. The number of aromatic carboxylic acids is 1. The van der Waals surface area contributed by atoms with Gasteiger partial charge in [-0.2, -0.15) is 0 Å². The van der Waals surface area contributed by atoms with E-state index in [1.165, 1.54) is 11.3 Å². The zero-order valence-corrected chi connectivity index (χ0v) is 10.3. The topological polar surface area (TPSA) is 55.8 Å². The fraction of sp³-hybridized carbons (Fsp3) is 0.250. The monoisotopic (exact) mass is 252 g/mol. The lowest BCUT2D eigenvalue weighted by atomic mass is 10.2. The largest absolute Gasteiger partial charge is 0.497 e. The Morgan fingerprint density at radius 2 is 2.24 bits per heavy atom. The van der Waals surface area contributed by atoms with Crippen LogP contribution >= 0.6 is 11.3 Å². The highest BCUT2D eigenvalue weighted by Crippen LogP contribution is 2.39. The van der Waals surface area contributed by atoms with Crippen molar-refractivity contribution in [3.63, 3.8) is 0 Å². The minimum absolute atomic E-state index is 0.232. The number of carboxylic acids is 1. The Bertz CT molecular complexity index is 559. The van der Waals surface area contributed by atoms with E-state index in [0.717, 1.165) is 10.1 Å². The first-order valence-corrected chi connectivity index (χ1v) is 5.95. The lowest BCUT2D eigenvalue weighted by Crippen LogP contribution is -1.98. The van der Waals surface area contributed by atoms with Gasteiger partial charge in [0.15, 0.2) is 10.6 Å². The van der Waals surface area contributed by atoms with E-state index in [4.69, 9.17) is 14.6 Å². The molecule has 90 valence electrons. The van der Waals surface area contributed by atoms with Crippen molar-refractivity contribution in [3.8, 4) is 11.5 Å². The summed E-state index contributed by atoms with van der Waals surface area (Å²) in [6.07, 6.45) is 0. The lowest BCUT2D eigenvalue weighted by molar-refractivity contribution is 0.0698. The van der Waals surface area contributed by atoms with Gasteiger partial charge in [-0.25, -0.2) is 4.79 Å². The smallest absolute Gasteiger partial charge is 0.349 e. The van der Waals surface area contributed by atoms with Crippen molar-refractivity contribution < 1.29 is 19.4 Å². The highest BCUT2D eigenvalue weighted by Gasteiger charge is 2.19. The molecule has 1 N–H and O–H groups in total. The molecule has 0 bridgehead atoms. The fourth-order valence-electron chi connectivity index (χ4n) is 1.61. The molecule has 0 fully saturated rings. The average Bonchev–Trinajstić information content (AvgIpc) is 2.68. The maximum atomic E-state index is 11.1. The second kappa shape index (κ2) is 4.63. The summed E-state index contributed by atoms with van der Waals surface area (Å²) in [6.45, 7) is 2.26. The van der Waals surface area contributed by atoms with Crippen LogP contribution in [0, 0.1) is 0 Å². The molecular formula is C12H12O4S. The van der Waals surface area contributed by atoms with Crippen molar-refractivity contribution in [2.75, 3.05) is 13.7 Å². The van der Waals surface area contributed by atoms with Crippen molar-refractivity contribution in [2.45, 2.75) is 6.92 Å². The standard InChI is InChI=1S/C12H12O4S/c1-3-16-10-8-6-7(15-2)4-5-9(8)17-11(10)12(13)14/h4-6H,3H2,1-2H3,(H,13,14). The van der Waals surface area contributed by atoms with E-state index in [2.05, 4.69) is 0 Å². The molecule has 17 heavy (non-hydrogen) atoms. The first-order chi connectivity index (χ1) is 8.17. The maximum Gasteiger partial charge on any atom is 0.349 e. The van der Waals surface area contributed by atoms with E-state index in [0.29, 0.717) is 18.1 Å². The van der Waals surface area contributed by atoms with Gasteiger partial charge in [-0.3, -0.25) is 0 Å². The molecule has 2 aromatic rings. The van der Waals surface area contributed by atoms with E-state index in [1.807, 2.05) is 13.0 Å². The third-order valence-electron chi connectivity index (χ3n) is 2.33. The third kappa shape index (κ3) is 2.06. The zero-order chi connectivity index (χ0) is 12.4. The quantitative estimate of drug-likeness (QED) is 0.908. The van der Waals surface area contributed by atoms with Crippen molar-refractivity contribution in [2.24, 2.45) is 0 Å². The second-order valence-electron chi connectivity index (χ2n) is 3.36. The summed E-state index contributed by atoms with van der Waals surface area (Å²) in [4.78, 5) is 11.4. The number of ether oxygens (including phenoxy) is 2. The van der Waals surface area contributed by atoms with Crippen LogP contribution in [0.4, 0.5) is 0 Å². The van der Waals surface area contributed by atoms with E-state index in [-0.39, 0.29) is 4.88 Å². The number of fused-ring (bicyclic) bond motifs is 1. The number of hydrogen-bond acceptors (Lipinski definition) is 4. The minimum Gasteiger partial charge on any atom is -0.497 e. The van der Waals surface area contributed by atoms with Gasteiger partial charge in [-0.1, -0.05) is 0 Å². The van der Waals surface area contributed by atoms with Crippen LogP contribution in [-0.2, 0) is 0 Å². The molecule has 0 saturated carbocycles. The molecule has 0 atom stereocenters. The van der Waals surface area contributed by atoms with Gasteiger partial charge in [0.25, 0.3) is 0 Å². The molecule has 4 nitrogen and oxygen atoms in total. The molecule has 1 heterocycles. The maximum absolute atomic E-state index is 11.1. The molecular weight excluding hydrogens is 240 g/mol. The van der Waals surface area contributed by atoms with Gasteiger partial charge in [-0.15, -0.1) is 11.3 Å². The summed E-state index contributed by atoms with van der Waals surface area (Å²) < 4.78 is 11.4. The van der Waals surface area contributed by atoms with Crippen LogP contribution in [0.2, 0.25) is 0 Å². The Balaban J connectivity index is 2.67. The van der Waals surface area contributed by atoms with Crippen LogP contribution in [0.15, 0.2) is 18.2 Å². The Labute approximate surface area is 102 Å². The second-order valence-corrected chi connectivity index (χ2v) is 4.41. The molecule has 1 aromatic carbocycles. The summed E-state index contributed by atoms with van der Waals surface area (Å²) in [5.41, 5.74) is 0. The molecule has 0 radical (unpaired) electrons. The summed E-state index contributed by atoms with van der Waals surface area (Å²) in [7, 11) is 1.58. The van der Waals surface area contributed by atoms with E-state index >= 15 is 0 Å². The highest BCUT2D eigenvalue weighted by atomic mass is 32.1. The lowest BCUT2D eigenvalue weighted by Gasteiger charge is -2.04.